The largest absolute Gasteiger partial charge is 0.493 e. The second-order valence-corrected chi connectivity index (χ2v) is 5.55. The van der Waals surface area contributed by atoms with Crippen LogP contribution in [0.2, 0.25) is 0 Å². The van der Waals surface area contributed by atoms with Crippen molar-refractivity contribution in [3.05, 3.63) is 70.9 Å². The van der Waals surface area contributed by atoms with E-state index in [0.717, 1.165) is 0 Å². The number of fused-ring (bicyclic) bond motifs is 1. The number of hydrogen-bond donors (Lipinski definition) is 0. The Balaban J connectivity index is 1.48. The van der Waals surface area contributed by atoms with Gasteiger partial charge in [0.25, 0.3) is 5.56 Å². The number of rotatable bonds is 7. The molecule has 0 fully saturated rings. The zero-order chi connectivity index (χ0) is 18.4. The first-order valence-electron chi connectivity index (χ1n) is 8.12. The smallest absolute Gasteiger partial charge is 0.326 e. The van der Waals surface area contributed by atoms with Crippen LogP contribution >= 0.6 is 0 Å². The van der Waals surface area contributed by atoms with Crippen molar-refractivity contribution in [2.24, 2.45) is 0 Å². The van der Waals surface area contributed by atoms with Gasteiger partial charge in [-0.15, -0.1) is 0 Å². The van der Waals surface area contributed by atoms with E-state index < -0.39 is 5.97 Å². The van der Waals surface area contributed by atoms with Gasteiger partial charge in [0.2, 0.25) is 0 Å². The van der Waals surface area contributed by atoms with E-state index in [2.05, 4.69) is 4.98 Å². The first kappa shape index (κ1) is 17.6. The summed E-state index contributed by atoms with van der Waals surface area (Å²) in [4.78, 5) is 28.0. The molecular weight excluding hydrogens is 339 g/mol. The van der Waals surface area contributed by atoms with Crippen LogP contribution in [0.15, 0.2) is 59.5 Å². The van der Waals surface area contributed by atoms with Crippen LogP contribution in [0.5, 0.6) is 5.75 Å². The van der Waals surface area contributed by atoms with Crippen molar-refractivity contribution in [1.82, 2.24) is 9.55 Å². The van der Waals surface area contributed by atoms with Crippen molar-refractivity contribution >= 4 is 17.0 Å². The molecule has 1 aromatic heterocycles. The molecule has 0 saturated heterocycles. The van der Waals surface area contributed by atoms with Crippen molar-refractivity contribution in [3.8, 4) is 5.75 Å². The average molecular weight is 356 g/mol. The maximum Gasteiger partial charge on any atom is 0.326 e. The van der Waals surface area contributed by atoms with Gasteiger partial charge in [-0.05, 0) is 36.4 Å². The fraction of sp³-hybridized carbons (Fsp3) is 0.211. The Kier molecular flexibility index (Phi) is 5.58. The average Bonchev–Trinajstić information content (AvgIpc) is 2.65. The molecule has 0 bridgehead atoms. The van der Waals surface area contributed by atoms with E-state index in [9.17, 15) is 14.0 Å². The number of benzene rings is 2. The Labute approximate surface area is 148 Å². The van der Waals surface area contributed by atoms with Gasteiger partial charge in [0.15, 0.2) is 0 Å². The van der Waals surface area contributed by atoms with Crippen LogP contribution in [-0.4, -0.2) is 28.7 Å². The van der Waals surface area contributed by atoms with Crippen molar-refractivity contribution in [3.63, 3.8) is 0 Å². The number of carbonyl (C=O) groups excluding carboxylic acids is 1. The summed E-state index contributed by atoms with van der Waals surface area (Å²) in [5, 5.41) is 0. The third-order valence-corrected chi connectivity index (χ3v) is 3.67. The number of ether oxygens (including phenoxy) is 2. The minimum Gasteiger partial charge on any atom is -0.493 e. The number of para-hydroxylation sites is 2. The second-order valence-electron chi connectivity index (χ2n) is 5.55. The molecule has 0 aliphatic rings. The predicted octanol–water partition coefficient (Wildman–Crippen LogP) is 2.55. The van der Waals surface area contributed by atoms with Crippen molar-refractivity contribution in [2.75, 3.05) is 13.2 Å². The summed E-state index contributed by atoms with van der Waals surface area (Å²) in [6.07, 6.45) is 1.67. The molecule has 0 atom stereocenters. The highest BCUT2D eigenvalue weighted by Gasteiger charge is 2.09. The molecule has 0 aliphatic heterocycles. The summed E-state index contributed by atoms with van der Waals surface area (Å²) in [5.41, 5.74) is 0.851. The minimum atomic E-state index is -0.509. The van der Waals surface area contributed by atoms with Gasteiger partial charge in [0.05, 0.1) is 30.4 Å². The number of aromatic nitrogens is 2. The monoisotopic (exact) mass is 356 g/mol. The van der Waals surface area contributed by atoms with Gasteiger partial charge in [-0.3, -0.25) is 14.2 Å². The standard InChI is InChI=1S/C19H17FN2O4/c20-14-6-8-15(9-7-14)25-10-3-11-26-19(24)13-22-17-5-2-1-4-16(17)21-12-18(22)23/h1-2,4-9,12H,3,10-11,13H2. The van der Waals surface area contributed by atoms with Crippen LogP contribution in [0.1, 0.15) is 6.42 Å². The minimum absolute atomic E-state index is 0.164. The van der Waals surface area contributed by atoms with Crippen LogP contribution in [0.25, 0.3) is 11.0 Å². The Bertz CT molecular complexity index is 954. The fourth-order valence-corrected chi connectivity index (χ4v) is 2.42. The van der Waals surface area contributed by atoms with Crippen molar-refractivity contribution < 1.29 is 18.7 Å². The first-order valence-corrected chi connectivity index (χ1v) is 8.12. The molecule has 3 rings (SSSR count). The van der Waals surface area contributed by atoms with E-state index in [0.29, 0.717) is 29.8 Å². The summed E-state index contributed by atoms with van der Waals surface area (Å²) in [7, 11) is 0. The van der Waals surface area contributed by atoms with E-state index in [1.54, 1.807) is 18.2 Å². The lowest BCUT2D eigenvalue weighted by molar-refractivity contribution is -0.144. The predicted molar refractivity (Wildman–Crippen MR) is 93.5 cm³/mol. The molecule has 0 saturated carbocycles. The number of nitrogens with zero attached hydrogens (tertiary/aromatic N) is 2. The quantitative estimate of drug-likeness (QED) is 0.481. The van der Waals surface area contributed by atoms with Crippen LogP contribution in [0, 0.1) is 5.82 Å². The summed E-state index contributed by atoms with van der Waals surface area (Å²) in [6, 6.07) is 12.8. The molecule has 26 heavy (non-hydrogen) atoms. The third kappa shape index (κ3) is 4.44. The molecule has 134 valence electrons. The van der Waals surface area contributed by atoms with Gasteiger partial charge >= 0.3 is 5.97 Å². The van der Waals surface area contributed by atoms with E-state index in [1.165, 1.54) is 35.0 Å². The number of halogens is 1. The van der Waals surface area contributed by atoms with E-state index in [1.807, 2.05) is 6.07 Å². The second kappa shape index (κ2) is 8.24. The summed E-state index contributed by atoms with van der Waals surface area (Å²) >= 11 is 0. The molecular formula is C19H17FN2O4. The maximum atomic E-state index is 12.8. The number of esters is 1. The Morgan fingerprint density at radius 2 is 1.85 bits per heavy atom. The van der Waals surface area contributed by atoms with Gasteiger partial charge in [-0.25, -0.2) is 9.37 Å². The van der Waals surface area contributed by atoms with Gasteiger partial charge in [0.1, 0.15) is 18.1 Å². The van der Waals surface area contributed by atoms with E-state index >= 15 is 0 Å². The van der Waals surface area contributed by atoms with E-state index in [4.69, 9.17) is 9.47 Å². The zero-order valence-electron chi connectivity index (χ0n) is 13.9. The molecule has 6 nitrogen and oxygen atoms in total. The molecule has 0 N–H and O–H groups in total. The number of hydrogen-bond acceptors (Lipinski definition) is 5. The lowest BCUT2D eigenvalue weighted by Gasteiger charge is -2.10. The highest BCUT2D eigenvalue weighted by molar-refractivity contribution is 5.77. The topological polar surface area (TPSA) is 70.4 Å². The van der Waals surface area contributed by atoms with Gasteiger partial charge in [-0.1, -0.05) is 12.1 Å². The maximum absolute atomic E-state index is 12.8. The molecule has 0 aliphatic carbocycles. The molecule has 0 spiro atoms. The zero-order valence-corrected chi connectivity index (χ0v) is 13.9. The summed E-state index contributed by atoms with van der Waals surface area (Å²) in [5.74, 6) is -0.289. The van der Waals surface area contributed by atoms with Gasteiger partial charge < -0.3 is 9.47 Å². The summed E-state index contributed by atoms with van der Waals surface area (Å²) in [6.45, 7) is 0.315. The first-order chi connectivity index (χ1) is 12.6. The Morgan fingerprint density at radius 1 is 1.08 bits per heavy atom. The highest BCUT2D eigenvalue weighted by Crippen LogP contribution is 2.11. The molecule has 0 unspecified atom stereocenters. The third-order valence-electron chi connectivity index (χ3n) is 3.67. The van der Waals surface area contributed by atoms with Crippen molar-refractivity contribution in [2.45, 2.75) is 13.0 Å². The van der Waals surface area contributed by atoms with E-state index in [-0.39, 0.29) is 24.5 Å². The van der Waals surface area contributed by atoms with Gasteiger partial charge in [-0.2, -0.15) is 0 Å². The molecule has 7 heteroatoms. The van der Waals surface area contributed by atoms with Crippen LogP contribution < -0.4 is 10.3 Å². The highest BCUT2D eigenvalue weighted by atomic mass is 19.1. The van der Waals surface area contributed by atoms with Crippen molar-refractivity contribution in [1.29, 1.82) is 0 Å². The Hall–Kier alpha value is -3.22. The SMILES string of the molecule is O=C(Cn1c(=O)cnc2ccccc21)OCCCOc1ccc(F)cc1. The van der Waals surface area contributed by atoms with Crippen LogP contribution in [0.4, 0.5) is 4.39 Å². The Morgan fingerprint density at radius 3 is 2.65 bits per heavy atom. The lowest BCUT2D eigenvalue weighted by Crippen LogP contribution is -2.26. The van der Waals surface area contributed by atoms with Crippen LogP contribution in [0.3, 0.4) is 0 Å². The lowest BCUT2D eigenvalue weighted by atomic mass is 10.3. The van der Waals surface area contributed by atoms with Crippen LogP contribution in [-0.2, 0) is 16.1 Å². The number of carbonyl (C=O) groups is 1. The molecule has 1 heterocycles. The van der Waals surface area contributed by atoms with Gasteiger partial charge in [0, 0.05) is 6.42 Å². The summed E-state index contributed by atoms with van der Waals surface area (Å²) < 4.78 is 24.7. The molecule has 2 aromatic carbocycles. The molecule has 0 radical (unpaired) electrons. The molecule has 0 amide bonds. The normalized spacial score (nSPS) is 10.7. The molecule has 3 aromatic rings. The fourth-order valence-electron chi connectivity index (χ4n) is 2.42.